The fourth-order valence-electron chi connectivity index (χ4n) is 2.35. The van der Waals surface area contributed by atoms with E-state index in [9.17, 15) is 4.79 Å². The Labute approximate surface area is 125 Å². The zero-order valence-corrected chi connectivity index (χ0v) is 12.7. The molecule has 0 bridgehead atoms. The third-order valence-corrected chi connectivity index (χ3v) is 5.40. The Morgan fingerprint density at radius 1 is 1.50 bits per heavy atom. The molecule has 2 aromatic rings. The largest absolute Gasteiger partial charge is 0.469 e. The Morgan fingerprint density at radius 3 is 3.15 bits per heavy atom. The van der Waals surface area contributed by atoms with Crippen LogP contribution in [0.3, 0.4) is 0 Å². The van der Waals surface area contributed by atoms with Crippen molar-refractivity contribution < 1.29 is 9.53 Å². The standard InChI is InChI=1S/C13H15N3O2S2/c1-18-12(17)9-4-2-6-16(8-9)13-15-14-11(20-13)10-5-3-7-19-10/h3,5,7,9H,2,4,6,8H2,1H3. The van der Waals surface area contributed by atoms with E-state index >= 15 is 0 Å². The number of hydrogen-bond acceptors (Lipinski definition) is 7. The van der Waals surface area contributed by atoms with Crippen molar-refractivity contribution in [3.63, 3.8) is 0 Å². The molecule has 5 nitrogen and oxygen atoms in total. The van der Waals surface area contributed by atoms with Crippen LogP contribution >= 0.6 is 22.7 Å². The van der Waals surface area contributed by atoms with Crippen LogP contribution in [0, 0.1) is 5.92 Å². The van der Waals surface area contributed by atoms with Gasteiger partial charge in [0, 0.05) is 13.1 Å². The summed E-state index contributed by atoms with van der Waals surface area (Å²) in [5, 5.41) is 12.4. The van der Waals surface area contributed by atoms with E-state index in [0.29, 0.717) is 6.54 Å². The number of hydrogen-bond donors (Lipinski definition) is 0. The quantitative estimate of drug-likeness (QED) is 0.816. The molecule has 20 heavy (non-hydrogen) atoms. The molecular weight excluding hydrogens is 294 g/mol. The first-order valence-electron chi connectivity index (χ1n) is 6.48. The molecule has 1 saturated heterocycles. The zero-order chi connectivity index (χ0) is 13.9. The van der Waals surface area contributed by atoms with Crippen LogP contribution in [0.1, 0.15) is 12.8 Å². The van der Waals surface area contributed by atoms with Gasteiger partial charge in [0.05, 0.1) is 17.9 Å². The average molecular weight is 309 g/mol. The van der Waals surface area contributed by atoms with E-state index in [4.69, 9.17) is 4.74 Å². The highest BCUT2D eigenvalue weighted by atomic mass is 32.1. The predicted molar refractivity (Wildman–Crippen MR) is 80.2 cm³/mol. The molecule has 3 rings (SSSR count). The second kappa shape index (κ2) is 5.88. The van der Waals surface area contributed by atoms with Gasteiger partial charge in [0.15, 0.2) is 5.01 Å². The summed E-state index contributed by atoms with van der Waals surface area (Å²) < 4.78 is 4.84. The molecule has 1 atom stereocenters. The Bertz CT molecular complexity index is 582. The summed E-state index contributed by atoms with van der Waals surface area (Å²) in [6.45, 7) is 1.60. The summed E-state index contributed by atoms with van der Waals surface area (Å²) in [5.74, 6) is -0.180. The molecule has 1 aliphatic heterocycles. The lowest BCUT2D eigenvalue weighted by atomic mass is 9.99. The van der Waals surface area contributed by atoms with Crippen molar-refractivity contribution in [2.75, 3.05) is 25.1 Å². The number of piperidine rings is 1. The number of ether oxygens (including phenoxy) is 1. The highest BCUT2D eigenvalue weighted by Crippen LogP contribution is 2.33. The van der Waals surface area contributed by atoms with Gasteiger partial charge in [-0.15, -0.1) is 21.5 Å². The van der Waals surface area contributed by atoms with E-state index < -0.39 is 0 Å². The molecule has 1 aliphatic rings. The van der Waals surface area contributed by atoms with Gasteiger partial charge in [0.2, 0.25) is 5.13 Å². The van der Waals surface area contributed by atoms with Gasteiger partial charge in [0.1, 0.15) is 0 Å². The minimum absolute atomic E-state index is 0.0529. The molecule has 3 heterocycles. The highest BCUT2D eigenvalue weighted by Gasteiger charge is 2.28. The smallest absolute Gasteiger partial charge is 0.310 e. The van der Waals surface area contributed by atoms with Crippen LogP contribution in [0.5, 0.6) is 0 Å². The van der Waals surface area contributed by atoms with Gasteiger partial charge in [-0.2, -0.15) is 0 Å². The molecular formula is C13H15N3O2S2. The van der Waals surface area contributed by atoms with E-state index in [-0.39, 0.29) is 11.9 Å². The van der Waals surface area contributed by atoms with Gasteiger partial charge < -0.3 is 9.64 Å². The maximum atomic E-state index is 11.7. The van der Waals surface area contributed by atoms with Crippen LogP contribution in [-0.4, -0.2) is 36.4 Å². The molecule has 1 fully saturated rings. The number of carbonyl (C=O) groups is 1. The summed E-state index contributed by atoms with van der Waals surface area (Å²) in [6.07, 6.45) is 1.87. The minimum Gasteiger partial charge on any atom is -0.469 e. The molecule has 2 aromatic heterocycles. The monoisotopic (exact) mass is 309 g/mol. The lowest BCUT2D eigenvalue weighted by Crippen LogP contribution is -2.39. The number of esters is 1. The van der Waals surface area contributed by atoms with Crippen molar-refractivity contribution in [3.05, 3.63) is 17.5 Å². The van der Waals surface area contributed by atoms with Crippen LogP contribution in [0.2, 0.25) is 0 Å². The number of nitrogens with zero attached hydrogens (tertiary/aromatic N) is 3. The maximum Gasteiger partial charge on any atom is 0.310 e. The number of thiophene rings is 1. The third-order valence-electron chi connectivity index (χ3n) is 3.37. The SMILES string of the molecule is COC(=O)C1CCCN(c2nnc(-c3cccs3)s2)C1. The highest BCUT2D eigenvalue weighted by molar-refractivity contribution is 7.22. The summed E-state index contributed by atoms with van der Waals surface area (Å²) in [4.78, 5) is 14.9. The summed E-state index contributed by atoms with van der Waals surface area (Å²) in [6, 6.07) is 4.05. The first-order chi connectivity index (χ1) is 9.78. The van der Waals surface area contributed by atoms with Crippen molar-refractivity contribution in [3.8, 4) is 9.88 Å². The molecule has 106 valence electrons. The van der Waals surface area contributed by atoms with E-state index in [2.05, 4.69) is 15.1 Å². The Morgan fingerprint density at radius 2 is 2.40 bits per heavy atom. The lowest BCUT2D eigenvalue weighted by Gasteiger charge is -2.30. The molecule has 1 unspecified atom stereocenters. The molecule has 0 N–H and O–H groups in total. The lowest BCUT2D eigenvalue weighted by molar-refractivity contribution is -0.145. The molecule has 0 amide bonds. The van der Waals surface area contributed by atoms with Crippen LogP contribution in [0.25, 0.3) is 9.88 Å². The second-order valence-electron chi connectivity index (χ2n) is 4.68. The van der Waals surface area contributed by atoms with E-state index in [1.54, 1.807) is 22.7 Å². The molecule has 0 aromatic carbocycles. The summed E-state index contributed by atoms with van der Waals surface area (Å²) >= 11 is 3.24. The van der Waals surface area contributed by atoms with Crippen LogP contribution in [0.4, 0.5) is 5.13 Å². The Balaban J connectivity index is 1.74. The molecule has 0 radical (unpaired) electrons. The van der Waals surface area contributed by atoms with Crippen molar-refractivity contribution in [1.29, 1.82) is 0 Å². The van der Waals surface area contributed by atoms with Gasteiger partial charge in [-0.05, 0) is 24.3 Å². The molecule has 7 heteroatoms. The zero-order valence-electron chi connectivity index (χ0n) is 11.1. The van der Waals surface area contributed by atoms with Crippen LogP contribution < -0.4 is 4.90 Å². The fourth-order valence-corrected chi connectivity index (χ4v) is 4.02. The molecule has 0 spiro atoms. The van der Waals surface area contributed by atoms with Crippen molar-refractivity contribution in [1.82, 2.24) is 10.2 Å². The first-order valence-corrected chi connectivity index (χ1v) is 8.17. The van der Waals surface area contributed by atoms with E-state index in [0.717, 1.165) is 34.4 Å². The van der Waals surface area contributed by atoms with Crippen LogP contribution in [0.15, 0.2) is 17.5 Å². The third kappa shape index (κ3) is 2.69. The molecule has 0 saturated carbocycles. The van der Waals surface area contributed by atoms with E-state index in [1.165, 1.54) is 7.11 Å². The van der Waals surface area contributed by atoms with Crippen molar-refractivity contribution >= 4 is 33.8 Å². The predicted octanol–water partition coefficient (Wildman–Crippen LogP) is 2.66. The van der Waals surface area contributed by atoms with E-state index in [1.807, 2.05) is 17.5 Å². The Hall–Kier alpha value is -1.47. The Kier molecular flexibility index (Phi) is 3.98. The number of anilines is 1. The topological polar surface area (TPSA) is 55.3 Å². The van der Waals surface area contributed by atoms with Crippen LogP contribution in [-0.2, 0) is 9.53 Å². The van der Waals surface area contributed by atoms with Gasteiger partial charge in [-0.3, -0.25) is 4.79 Å². The molecule has 0 aliphatic carbocycles. The number of carbonyl (C=O) groups excluding carboxylic acids is 1. The summed E-state index contributed by atoms with van der Waals surface area (Å²) in [7, 11) is 1.45. The fraction of sp³-hybridized carbons (Fsp3) is 0.462. The number of rotatable bonds is 3. The summed E-state index contributed by atoms with van der Waals surface area (Å²) in [5.41, 5.74) is 0. The van der Waals surface area contributed by atoms with Crippen molar-refractivity contribution in [2.24, 2.45) is 5.92 Å². The number of aromatic nitrogens is 2. The van der Waals surface area contributed by atoms with Gasteiger partial charge in [-0.1, -0.05) is 17.4 Å². The van der Waals surface area contributed by atoms with Gasteiger partial charge in [0.25, 0.3) is 0 Å². The maximum absolute atomic E-state index is 11.7. The van der Waals surface area contributed by atoms with Gasteiger partial charge in [-0.25, -0.2) is 0 Å². The number of methoxy groups -OCH3 is 1. The first kappa shape index (κ1) is 13.5. The van der Waals surface area contributed by atoms with Crippen molar-refractivity contribution in [2.45, 2.75) is 12.8 Å². The minimum atomic E-state index is -0.127. The van der Waals surface area contributed by atoms with Gasteiger partial charge >= 0.3 is 5.97 Å². The second-order valence-corrected chi connectivity index (χ2v) is 6.58. The normalized spacial score (nSPS) is 19.1. The average Bonchev–Trinajstić information content (AvgIpc) is 3.17.